The molecule has 1 saturated heterocycles. The smallest absolute Gasteiger partial charge is 0.165 e. The summed E-state index contributed by atoms with van der Waals surface area (Å²) in [4.78, 5) is 15.8. The molecule has 7 nitrogen and oxygen atoms in total. The predicted octanol–water partition coefficient (Wildman–Crippen LogP) is 2.17. The van der Waals surface area contributed by atoms with Crippen LogP contribution in [0.1, 0.15) is 12.8 Å². The molecule has 0 amide bonds. The monoisotopic (exact) mass is 319 g/mol. The van der Waals surface area contributed by atoms with Gasteiger partial charge < -0.3 is 4.90 Å². The van der Waals surface area contributed by atoms with Crippen molar-refractivity contribution >= 4 is 16.9 Å². The van der Waals surface area contributed by atoms with E-state index in [1.807, 2.05) is 19.2 Å². The topological polar surface area (TPSA) is 83.5 Å². The van der Waals surface area contributed by atoms with Gasteiger partial charge in [0.1, 0.15) is 5.82 Å². The number of nitrogens with zero attached hydrogens (tertiary/aromatic N) is 7. The van der Waals surface area contributed by atoms with Gasteiger partial charge in [0.05, 0.1) is 23.6 Å². The Morgan fingerprint density at radius 1 is 1.29 bits per heavy atom. The minimum absolute atomic E-state index is 0.0438. The number of pyridine rings is 1. The Labute approximate surface area is 139 Å². The average Bonchev–Trinajstić information content (AvgIpc) is 3.03. The second-order valence-electron chi connectivity index (χ2n) is 6.03. The summed E-state index contributed by atoms with van der Waals surface area (Å²) in [6.45, 7) is 1.59. The normalized spacial score (nSPS) is 17.8. The van der Waals surface area contributed by atoms with Crippen LogP contribution in [0.4, 0.5) is 5.82 Å². The molecule has 24 heavy (non-hydrogen) atoms. The van der Waals surface area contributed by atoms with Crippen molar-refractivity contribution in [1.82, 2.24) is 24.7 Å². The summed E-state index contributed by atoms with van der Waals surface area (Å²) >= 11 is 0. The summed E-state index contributed by atoms with van der Waals surface area (Å²) in [6, 6.07) is 6.21. The van der Waals surface area contributed by atoms with Gasteiger partial charge >= 0.3 is 0 Å². The van der Waals surface area contributed by atoms with E-state index in [0.717, 1.165) is 41.8 Å². The van der Waals surface area contributed by atoms with Crippen molar-refractivity contribution in [2.75, 3.05) is 18.0 Å². The van der Waals surface area contributed by atoms with E-state index in [-0.39, 0.29) is 5.92 Å². The molecule has 4 rings (SSSR count). The fourth-order valence-electron chi connectivity index (χ4n) is 3.15. The van der Waals surface area contributed by atoms with Crippen molar-refractivity contribution in [1.29, 1.82) is 5.26 Å². The molecule has 1 atom stereocenters. The van der Waals surface area contributed by atoms with Gasteiger partial charge in [-0.15, -0.1) is 0 Å². The first-order chi connectivity index (χ1) is 11.8. The van der Waals surface area contributed by atoms with Gasteiger partial charge in [0, 0.05) is 38.1 Å². The first kappa shape index (κ1) is 14.6. The van der Waals surface area contributed by atoms with E-state index in [9.17, 15) is 5.26 Å². The van der Waals surface area contributed by atoms with Crippen LogP contribution in [-0.2, 0) is 7.05 Å². The molecule has 4 heterocycles. The van der Waals surface area contributed by atoms with E-state index in [1.54, 1.807) is 23.3 Å². The maximum absolute atomic E-state index is 9.27. The molecule has 0 N–H and O–H groups in total. The molecule has 7 heteroatoms. The maximum atomic E-state index is 9.27. The van der Waals surface area contributed by atoms with E-state index >= 15 is 0 Å². The number of rotatable bonds is 2. The quantitative estimate of drug-likeness (QED) is 0.720. The van der Waals surface area contributed by atoms with E-state index in [4.69, 9.17) is 4.98 Å². The van der Waals surface area contributed by atoms with Crippen molar-refractivity contribution in [2.24, 2.45) is 13.0 Å². The maximum Gasteiger partial charge on any atom is 0.165 e. The lowest BCUT2D eigenvalue weighted by molar-refractivity contribution is 0.491. The number of aromatic nitrogens is 5. The zero-order valence-electron chi connectivity index (χ0n) is 13.4. The number of aryl methyl sites for hydroxylation is 1. The molecule has 120 valence electrons. The highest BCUT2D eigenvalue weighted by Gasteiger charge is 2.24. The van der Waals surface area contributed by atoms with Crippen LogP contribution in [0.5, 0.6) is 0 Å². The molecule has 0 aromatic carbocycles. The lowest BCUT2D eigenvalue weighted by Gasteiger charge is -2.31. The Bertz CT molecular complexity index is 910. The van der Waals surface area contributed by atoms with Crippen LogP contribution in [0.25, 0.3) is 22.4 Å². The molecule has 3 aromatic rings. The zero-order valence-corrected chi connectivity index (χ0v) is 13.4. The number of fused-ring (bicyclic) bond motifs is 1. The van der Waals surface area contributed by atoms with Crippen molar-refractivity contribution < 1.29 is 0 Å². The molecule has 0 aliphatic carbocycles. The Hall–Kier alpha value is -3.01. The summed E-state index contributed by atoms with van der Waals surface area (Å²) in [5, 5.41) is 14.5. The zero-order chi connectivity index (χ0) is 16.5. The van der Waals surface area contributed by atoms with Crippen LogP contribution >= 0.6 is 0 Å². The van der Waals surface area contributed by atoms with Crippen molar-refractivity contribution in [3.63, 3.8) is 0 Å². The molecule has 3 aromatic heterocycles. The fourth-order valence-corrected chi connectivity index (χ4v) is 3.15. The summed E-state index contributed by atoms with van der Waals surface area (Å²) < 4.78 is 1.76. The van der Waals surface area contributed by atoms with Crippen molar-refractivity contribution in [3.8, 4) is 17.5 Å². The highest BCUT2D eigenvalue weighted by Crippen LogP contribution is 2.30. The van der Waals surface area contributed by atoms with Gasteiger partial charge in [-0.3, -0.25) is 9.67 Å². The minimum atomic E-state index is 0.0438. The van der Waals surface area contributed by atoms with E-state index < -0.39 is 0 Å². The molecule has 1 fully saturated rings. The molecule has 1 aliphatic heterocycles. The number of nitriles is 1. The van der Waals surface area contributed by atoms with E-state index in [2.05, 4.69) is 26.0 Å². The molecule has 0 bridgehead atoms. The highest BCUT2D eigenvalue weighted by molar-refractivity contribution is 5.88. The highest BCUT2D eigenvalue weighted by atomic mass is 15.3. The number of anilines is 1. The fraction of sp³-hybridized carbons (Fsp3) is 0.353. The lowest BCUT2D eigenvalue weighted by atomic mass is 9.99. The Morgan fingerprint density at radius 3 is 3.00 bits per heavy atom. The number of hydrogen-bond acceptors (Lipinski definition) is 6. The minimum Gasteiger partial charge on any atom is -0.355 e. The van der Waals surface area contributed by atoms with Gasteiger partial charge in [0.2, 0.25) is 0 Å². The first-order valence-electron chi connectivity index (χ1n) is 8.01. The average molecular weight is 319 g/mol. The van der Waals surface area contributed by atoms with Gasteiger partial charge in [-0.05, 0) is 25.0 Å². The van der Waals surface area contributed by atoms with Gasteiger partial charge in [0.25, 0.3) is 0 Å². The van der Waals surface area contributed by atoms with Crippen LogP contribution in [0.15, 0.2) is 30.7 Å². The summed E-state index contributed by atoms with van der Waals surface area (Å²) in [6.07, 6.45) is 7.23. The van der Waals surface area contributed by atoms with Crippen molar-refractivity contribution in [3.05, 3.63) is 30.7 Å². The second kappa shape index (κ2) is 5.89. The molecule has 1 aliphatic rings. The summed E-state index contributed by atoms with van der Waals surface area (Å²) in [5.41, 5.74) is 1.66. The SMILES string of the molecule is Cn1ncc2c(N3CCC[C@@H](C#N)C3)nc(-c3cccnc3)nc21. The van der Waals surface area contributed by atoms with E-state index in [1.165, 1.54) is 0 Å². The molecule has 0 radical (unpaired) electrons. The molecular formula is C17H17N7. The standard InChI is InChI=1S/C17H17N7/c1-23-16-14(10-20-23)17(24-7-3-4-12(8-18)11-24)22-15(21-16)13-5-2-6-19-9-13/h2,5-6,9-10,12H,3-4,7,11H2,1H3/t12-/m0/s1. The molecule has 0 saturated carbocycles. The van der Waals surface area contributed by atoms with Crippen molar-refractivity contribution in [2.45, 2.75) is 12.8 Å². The number of hydrogen-bond donors (Lipinski definition) is 0. The number of piperidine rings is 1. The summed E-state index contributed by atoms with van der Waals surface area (Å²) in [5.74, 6) is 1.53. The molecule has 0 unspecified atom stereocenters. The van der Waals surface area contributed by atoms with Gasteiger partial charge in [-0.1, -0.05) is 0 Å². The van der Waals surface area contributed by atoms with Crippen LogP contribution < -0.4 is 4.90 Å². The molecular weight excluding hydrogens is 302 g/mol. The third kappa shape index (κ3) is 2.46. The second-order valence-corrected chi connectivity index (χ2v) is 6.03. The summed E-state index contributed by atoms with van der Waals surface area (Å²) in [7, 11) is 1.88. The van der Waals surface area contributed by atoms with Crippen LogP contribution in [0, 0.1) is 17.2 Å². The largest absolute Gasteiger partial charge is 0.355 e. The van der Waals surface area contributed by atoms with Gasteiger partial charge in [0.15, 0.2) is 11.5 Å². The van der Waals surface area contributed by atoms with Crippen LogP contribution in [0.2, 0.25) is 0 Å². The van der Waals surface area contributed by atoms with E-state index in [0.29, 0.717) is 12.4 Å². The first-order valence-corrected chi connectivity index (χ1v) is 8.01. The lowest BCUT2D eigenvalue weighted by Crippen LogP contribution is -2.35. The Morgan fingerprint density at radius 2 is 2.21 bits per heavy atom. The van der Waals surface area contributed by atoms with Gasteiger partial charge in [-0.2, -0.15) is 10.4 Å². The van der Waals surface area contributed by atoms with Crippen LogP contribution in [0.3, 0.4) is 0 Å². The molecule has 0 spiro atoms. The Kier molecular flexibility index (Phi) is 3.58. The van der Waals surface area contributed by atoms with Gasteiger partial charge in [-0.25, -0.2) is 9.97 Å². The third-order valence-electron chi connectivity index (χ3n) is 4.40. The predicted molar refractivity (Wildman–Crippen MR) is 90.1 cm³/mol. The van der Waals surface area contributed by atoms with Crippen LogP contribution in [-0.4, -0.2) is 37.8 Å². The Balaban J connectivity index is 1.86. The third-order valence-corrected chi connectivity index (χ3v) is 4.40.